The summed E-state index contributed by atoms with van der Waals surface area (Å²) < 4.78 is 18.8. The van der Waals surface area contributed by atoms with Gasteiger partial charge in [0.05, 0.1) is 20.8 Å². The lowest BCUT2D eigenvalue weighted by Crippen LogP contribution is -2.16. The van der Waals surface area contributed by atoms with Crippen LogP contribution in [0, 0.1) is 11.7 Å². The van der Waals surface area contributed by atoms with Gasteiger partial charge in [-0.05, 0) is 37.3 Å². The number of aromatic nitrogens is 2. The van der Waals surface area contributed by atoms with Crippen molar-refractivity contribution in [1.82, 2.24) is 9.97 Å². The van der Waals surface area contributed by atoms with Crippen LogP contribution in [-0.2, 0) is 11.2 Å². The molecule has 3 rings (SSSR count). The fourth-order valence-electron chi connectivity index (χ4n) is 2.32. The Kier molecular flexibility index (Phi) is 5.43. The monoisotopic (exact) mass is 403 g/mol. The van der Waals surface area contributed by atoms with Gasteiger partial charge in [-0.3, -0.25) is 5.73 Å². The number of nitrogens with two attached hydrogens (primary N) is 1. The van der Waals surface area contributed by atoms with Crippen LogP contribution >= 0.6 is 34.8 Å². The van der Waals surface area contributed by atoms with Crippen molar-refractivity contribution < 1.29 is 13.9 Å². The van der Waals surface area contributed by atoms with Crippen molar-refractivity contribution in [2.45, 2.75) is 19.3 Å². The average Bonchev–Trinajstić information content (AvgIpc) is 3.39. The lowest BCUT2D eigenvalue weighted by atomic mass is 10.1. The molecule has 1 aliphatic carbocycles. The molecule has 0 bridgehead atoms. The van der Waals surface area contributed by atoms with E-state index >= 15 is 0 Å². The van der Waals surface area contributed by atoms with Crippen LogP contribution in [0.15, 0.2) is 12.1 Å². The lowest BCUT2D eigenvalue weighted by Gasteiger charge is -2.12. The van der Waals surface area contributed by atoms with E-state index in [0.29, 0.717) is 18.0 Å². The number of nitrogens with zero attached hydrogens (tertiary/aromatic N) is 2. The van der Waals surface area contributed by atoms with Crippen molar-refractivity contribution in [3.8, 4) is 11.4 Å². The topological polar surface area (TPSA) is 78.1 Å². The van der Waals surface area contributed by atoms with Crippen LogP contribution in [0.1, 0.15) is 29.0 Å². The van der Waals surface area contributed by atoms with E-state index in [0.717, 1.165) is 12.8 Å². The molecule has 1 saturated carbocycles. The molecular weight excluding hydrogens is 392 g/mol. The summed E-state index contributed by atoms with van der Waals surface area (Å²) in [7, 11) is 0. The molecule has 0 saturated heterocycles. The van der Waals surface area contributed by atoms with Crippen LogP contribution in [0.5, 0.6) is 0 Å². The molecule has 9 heteroatoms. The Hall–Kier alpha value is -1.47. The van der Waals surface area contributed by atoms with E-state index in [1.165, 1.54) is 12.1 Å². The summed E-state index contributed by atoms with van der Waals surface area (Å²) in [6.07, 6.45) is 2.72. The molecule has 1 aliphatic rings. The molecule has 25 heavy (non-hydrogen) atoms. The fraction of sp³-hybridized carbons (Fsp3) is 0.312. The first kappa shape index (κ1) is 18.3. The second-order valence-corrected chi connectivity index (χ2v) is 6.79. The van der Waals surface area contributed by atoms with Crippen LogP contribution in [0.2, 0.25) is 15.1 Å². The van der Waals surface area contributed by atoms with Gasteiger partial charge in [-0.15, -0.1) is 0 Å². The second kappa shape index (κ2) is 7.41. The van der Waals surface area contributed by atoms with Crippen LogP contribution in [-0.4, -0.2) is 22.7 Å². The maximum Gasteiger partial charge on any atom is 0.359 e. The highest BCUT2D eigenvalue weighted by Crippen LogP contribution is 2.37. The molecule has 0 atom stereocenters. The summed E-state index contributed by atoms with van der Waals surface area (Å²) in [5.74, 6) is -1.03. The molecule has 132 valence electrons. The summed E-state index contributed by atoms with van der Waals surface area (Å²) >= 11 is 18.0. The molecule has 0 spiro atoms. The number of ether oxygens (including phenoxy) is 1. The number of esters is 1. The van der Waals surface area contributed by atoms with Gasteiger partial charge < -0.3 is 4.74 Å². The Balaban J connectivity index is 2.14. The maximum absolute atomic E-state index is 14.0. The summed E-state index contributed by atoms with van der Waals surface area (Å²) in [6, 6.07) is 2.82. The molecular formula is C16H13Cl3FN3O2. The molecule has 1 aromatic heterocycles. The minimum absolute atomic E-state index is 0.0737. The van der Waals surface area contributed by atoms with E-state index in [9.17, 15) is 9.18 Å². The second-order valence-electron chi connectivity index (χ2n) is 5.63. The normalized spacial score (nSPS) is 13.8. The van der Waals surface area contributed by atoms with E-state index in [1.807, 2.05) is 0 Å². The van der Waals surface area contributed by atoms with E-state index in [4.69, 9.17) is 45.3 Å². The molecule has 1 fully saturated rings. The highest BCUT2D eigenvalue weighted by Gasteiger charge is 2.28. The predicted octanol–water partition coefficient (Wildman–Crippen LogP) is 4.27. The maximum atomic E-state index is 14.0. The van der Waals surface area contributed by atoms with E-state index in [1.54, 1.807) is 0 Å². The number of carbonyl (C=O) groups excluding carboxylic acids is 1. The zero-order chi connectivity index (χ0) is 18.1. The first-order valence-corrected chi connectivity index (χ1v) is 8.63. The minimum atomic E-state index is -0.783. The van der Waals surface area contributed by atoms with Gasteiger partial charge in [-0.25, -0.2) is 19.2 Å². The number of rotatable bonds is 5. The number of hydrogen-bond acceptors (Lipinski definition) is 5. The van der Waals surface area contributed by atoms with E-state index in [2.05, 4.69) is 9.97 Å². The first-order valence-electron chi connectivity index (χ1n) is 7.49. The third-order valence-electron chi connectivity index (χ3n) is 3.78. The summed E-state index contributed by atoms with van der Waals surface area (Å²) in [4.78, 5) is 20.6. The van der Waals surface area contributed by atoms with Crippen molar-refractivity contribution in [2.75, 3.05) is 6.73 Å². The SMILES string of the molecule is NCOC(=O)c1nc(-c2ccc(Cl)c(F)c2Cl)nc(CC2CC2)c1Cl. The molecule has 0 aliphatic heterocycles. The zero-order valence-electron chi connectivity index (χ0n) is 12.9. The Bertz CT molecular complexity index is 844. The molecule has 1 heterocycles. The lowest BCUT2D eigenvalue weighted by molar-refractivity contribution is 0.0508. The van der Waals surface area contributed by atoms with Gasteiger partial charge in [0.1, 0.15) is 6.73 Å². The number of carbonyl (C=O) groups is 1. The Morgan fingerprint density at radius 3 is 2.60 bits per heavy atom. The number of halogens is 4. The van der Waals surface area contributed by atoms with Gasteiger partial charge in [-0.2, -0.15) is 0 Å². The third-order valence-corrected chi connectivity index (χ3v) is 4.84. The molecule has 0 radical (unpaired) electrons. The van der Waals surface area contributed by atoms with Crippen molar-refractivity contribution in [1.29, 1.82) is 0 Å². The van der Waals surface area contributed by atoms with E-state index in [-0.39, 0.29) is 38.9 Å². The highest BCUT2D eigenvalue weighted by molar-refractivity contribution is 6.36. The Labute approximate surface area is 158 Å². The fourth-order valence-corrected chi connectivity index (χ4v) is 3.02. The van der Waals surface area contributed by atoms with Gasteiger partial charge in [0.15, 0.2) is 17.3 Å². The molecule has 1 aromatic carbocycles. The molecule has 0 amide bonds. The van der Waals surface area contributed by atoms with Crippen LogP contribution in [0.4, 0.5) is 4.39 Å². The van der Waals surface area contributed by atoms with Crippen molar-refractivity contribution in [3.05, 3.63) is 44.4 Å². The van der Waals surface area contributed by atoms with Gasteiger partial charge >= 0.3 is 5.97 Å². The molecule has 5 nitrogen and oxygen atoms in total. The average molecular weight is 405 g/mol. The van der Waals surface area contributed by atoms with Crippen molar-refractivity contribution in [2.24, 2.45) is 11.7 Å². The van der Waals surface area contributed by atoms with Gasteiger partial charge in [0.2, 0.25) is 0 Å². The summed E-state index contributed by atoms with van der Waals surface area (Å²) in [6.45, 7) is -0.317. The number of hydrogen-bond donors (Lipinski definition) is 1. The Morgan fingerprint density at radius 1 is 1.24 bits per heavy atom. The third kappa shape index (κ3) is 3.87. The van der Waals surface area contributed by atoms with Crippen molar-refractivity contribution >= 4 is 40.8 Å². The van der Waals surface area contributed by atoms with Gasteiger partial charge in [0, 0.05) is 5.56 Å². The molecule has 2 aromatic rings. The summed E-state index contributed by atoms with van der Waals surface area (Å²) in [5, 5.41) is -0.242. The molecule has 2 N–H and O–H groups in total. The van der Waals surface area contributed by atoms with E-state index < -0.39 is 11.8 Å². The predicted molar refractivity (Wildman–Crippen MR) is 93.4 cm³/mol. The molecule has 0 unspecified atom stereocenters. The smallest absolute Gasteiger partial charge is 0.359 e. The largest absolute Gasteiger partial charge is 0.445 e. The number of benzene rings is 1. The standard InChI is InChI=1S/C16H13Cl3FN3O2/c17-9-4-3-8(11(18)13(9)20)15-22-10(5-7-1-2-7)12(19)14(23-15)16(24)25-6-21/h3-4,7H,1-2,5-6,21H2. The summed E-state index contributed by atoms with van der Waals surface area (Å²) in [5.41, 5.74) is 5.81. The van der Waals surface area contributed by atoms with Crippen LogP contribution in [0.3, 0.4) is 0 Å². The highest BCUT2D eigenvalue weighted by atomic mass is 35.5. The van der Waals surface area contributed by atoms with Crippen molar-refractivity contribution in [3.63, 3.8) is 0 Å². The Morgan fingerprint density at radius 2 is 1.96 bits per heavy atom. The van der Waals surface area contributed by atoms with Gasteiger partial charge in [0.25, 0.3) is 0 Å². The van der Waals surface area contributed by atoms with Gasteiger partial charge in [-0.1, -0.05) is 34.8 Å². The zero-order valence-corrected chi connectivity index (χ0v) is 15.1. The van der Waals surface area contributed by atoms with Crippen LogP contribution < -0.4 is 5.73 Å². The first-order chi connectivity index (χ1) is 11.9. The quantitative estimate of drug-likeness (QED) is 0.457. The van der Waals surface area contributed by atoms with Crippen LogP contribution in [0.25, 0.3) is 11.4 Å². The minimum Gasteiger partial charge on any atom is -0.445 e.